The molecule has 2 N–H and O–H groups in total. The van der Waals surface area contributed by atoms with Crippen LogP contribution in [0, 0.1) is 17.2 Å². The molecule has 164 valence electrons. The van der Waals surface area contributed by atoms with Crippen LogP contribution in [0.1, 0.15) is 37.8 Å². The van der Waals surface area contributed by atoms with Gasteiger partial charge in [0.1, 0.15) is 6.04 Å². The molecule has 2 aromatic carbocycles. The quantitative estimate of drug-likeness (QED) is 0.767. The van der Waals surface area contributed by atoms with Gasteiger partial charge in [0.15, 0.2) is 0 Å². The molecule has 1 aliphatic carbocycles. The van der Waals surface area contributed by atoms with Gasteiger partial charge in [-0.15, -0.1) is 0 Å². The third-order valence-corrected chi connectivity index (χ3v) is 7.50. The van der Waals surface area contributed by atoms with E-state index in [9.17, 15) is 14.9 Å². The van der Waals surface area contributed by atoms with E-state index in [0.29, 0.717) is 18.4 Å². The zero-order chi connectivity index (χ0) is 22.6. The van der Waals surface area contributed by atoms with Gasteiger partial charge in [0.25, 0.3) is 0 Å². The number of carbonyl (C=O) groups is 2. The average Bonchev–Trinajstić information content (AvgIpc) is 2.95. The van der Waals surface area contributed by atoms with Crippen molar-refractivity contribution in [2.45, 2.75) is 56.7 Å². The summed E-state index contributed by atoms with van der Waals surface area (Å²) in [5.41, 5.74) is 4.59. The predicted octanol–water partition coefficient (Wildman–Crippen LogP) is 2.91. The van der Waals surface area contributed by atoms with Crippen LogP contribution in [0.5, 0.6) is 0 Å². The summed E-state index contributed by atoms with van der Waals surface area (Å²) in [4.78, 5) is 26.7. The van der Waals surface area contributed by atoms with Crippen LogP contribution >= 0.6 is 0 Å². The van der Waals surface area contributed by atoms with Gasteiger partial charge in [-0.1, -0.05) is 36.4 Å². The lowest BCUT2D eigenvalue weighted by molar-refractivity contribution is -0.132. The Bertz CT molecular complexity index is 1130. The van der Waals surface area contributed by atoms with Crippen molar-refractivity contribution in [3.05, 3.63) is 53.6 Å². The number of benzene rings is 2. The van der Waals surface area contributed by atoms with Crippen molar-refractivity contribution in [1.82, 2.24) is 10.6 Å². The highest BCUT2D eigenvalue weighted by Gasteiger charge is 2.50. The normalized spacial score (nSPS) is 25.6. The largest absolute Gasteiger partial charge is 0.339 e. The fraction of sp³-hybridized carbons (Fsp3) is 0.423. The lowest BCUT2D eigenvalue weighted by atomic mass is 9.67. The number of anilines is 1. The fourth-order valence-electron chi connectivity index (χ4n) is 5.26. The molecule has 1 unspecified atom stereocenters. The molecular weight excluding hydrogens is 400 g/mol. The minimum atomic E-state index is -0.545. The number of hydrogen-bond acceptors (Lipinski definition) is 4. The maximum Gasteiger partial charge on any atom is 0.238 e. The summed E-state index contributed by atoms with van der Waals surface area (Å²) in [6, 6.07) is 16.3. The highest BCUT2D eigenvalue weighted by atomic mass is 16.2. The Balaban J connectivity index is 1.27. The maximum absolute atomic E-state index is 12.6. The molecule has 2 amide bonds. The van der Waals surface area contributed by atoms with Crippen molar-refractivity contribution in [2.24, 2.45) is 5.92 Å². The van der Waals surface area contributed by atoms with Crippen LogP contribution < -0.4 is 15.5 Å². The minimum Gasteiger partial charge on any atom is -0.339 e. The monoisotopic (exact) mass is 428 g/mol. The molecule has 2 aliphatic heterocycles. The molecule has 6 nitrogen and oxygen atoms in total. The molecule has 0 bridgehead atoms. The van der Waals surface area contributed by atoms with E-state index in [4.69, 9.17) is 0 Å². The molecule has 0 radical (unpaired) electrons. The summed E-state index contributed by atoms with van der Waals surface area (Å²) in [5, 5.41) is 15.7. The Labute approximate surface area is 188 Å². The minimum absolute atomic E-state index is 0.0612. The molecule has 2 fully saturated rings. The summed E-state index contributed by atoms with van der Waals surface area (Å²) in [5.74, 6) is 0.490. The first-order valence-electron chi connectivity index (χ1n) is 11.3. The van der Waals surface area contributed by atoms with Crippen LogP contribution in [0.15, 0.2) is 42.5 Å². The first-order chi connectivity index (χ1) is 15.3. The number of likely N-dealkylation sites (N-methyl/N-ethyl adjacent to an activating group) is 1. The summed E-state index contributed by atoms with van der Waals surface area (Å²) in [6.07, 6.45) is 2.72. The second-order valence-electron chi connectivity index (χ2n) is 9.80. The maximum atomic E-state index is 12.6. The molecule has 0 spiro atoms. The zero-order valence-electron chi connectivity index (χ0n) is 18.7. The van der Waals surface area contributed by atoms with E-state index in [2.05, 4.69) is 28.8 Å². The molecule has 2 heterocycles. The predicted molar refractivity (Wildman–Crippen MR) is 123 cm³/mol. The number of piperidine rings is 1. The highest BCUT2D eigenvalue weighted by Crippen LogP contribution is 2.42. The lowest BCUT2D eigenvalue weighted by Crippen LogP contribution is -2.71. The smallest absolute Gasteiger partial charge is 0.238 e. The van der Waals surface area contributed by atoms with Gasteiger partial charge in [0.2, 0.25) is 11.8 Å². The first-order valence-corrected chi connectivity index (χ1v) is 11.3. The van der Waals surface area contributed by atoms with Crippen LogP contribution in [-0.2, 0) is 21.4 Å². The molecule has 5 rings (SSSR count). The third-order valence-electron chi connectivity index (χ3n) is 7.50. The van der Waals surface area contributed by atoms with E-state index < -0.39 is 11.5 Å². The molecule has 3 aliphatic rings. The third kappa shape index (κ3) is 3.20. The SMILES string of the molecule is CN1C(=O)C(C)(C)c2ccc(-c3ccc(C[C@@H](C#N)NC(=O)[C@H]4NC5CC[C@@H]54)cc3)cc21. The van der Waals surface area contributed by atoms with E-state index in [0.717, 1.165) is 40.8 Å². The Morgan fingerprint density at radius 1 is 1.22 bits per heavy atom. The number of hydrogen-bond donors (Lipinski definition) is 2. The first kappa shape index (κ1) is 20.7. The number of nitrogens with one attached hydrogen (secondary N) is 2. The van der Waals surface area contributed by atoms with Gasteiger partial charge in [0.05, 0.1) is 17.5 Å². The molecule has 1 saturated heterocycles. The molecule has 0 aromatic heterocycles. The number of rotatable bonds is 5. The van der Waals surface area contributed by atoms with Crippen LogP contribution in [-0.4, -0.2) is 37.0 Å². The van der Waals surface area contributed by atoms with E-state index in [1.807, 2.05) is 51.2 Å². The molecule has 2 aromatic rings. The zero-order valence-corrected chi connectivity index (χ0v) is 18.7. The molecule has 32 heavy (non-hydrogen) atoms. The van der Waals surface area contributed by atoms with Gasteiger partial charge in [-0.2, -0.15) is 5.26 Å². The van der Waals surface area contributed by atoms with Crippen molar-refractivity contribution in [3.8, 4) is 17.2 Å². The summed E-state index contributed by atoms with van der Waals surface area (Å²) in [7, 11) is 1.82. The Kier molecular flexibility index (Phi) is 4.83. The number of amides is 2. The van der Waals surface area contributed by atoms with Crippen molar-refractivity contribution in [1.29, 1.82) is 5.26 Å². The van der Waals surface area contributed by atoms with Gasteiger partial charge in [-0.3, -0.25) is 9.59 Å². The molecule has 4 atom stereocenters. The lowest BCUT2D eigenvalue weighted by Gasteiger charge is -2.53. The van der Waals surface area contributed by atoms with Crippen LogP contribution in [0.4, 0.5) is 5.69 Å². The van der Waals surface area contributed by atoms with Gasteiger partial charge in [-0.25, -0.2) is 0 Å². The molecular formula is C26H28N4O2. The van der Waals surface area contributed by atoms with Gasteiger partial charge in [-0.05, 0) is 60.9 Å². The highest BCUT2D eigenvalue weighted by molar-refractivity contribution is 6.07. The second-order valence-corrected chi connectivity index (χ2v) is 9.80. The topological polar surface area (TPSA) is 85.2 Å². The summed E-state index contributed by atoms with van der Waals surface area (Å²) >= 11 is 0. The second kappa shape index (κ2) is 7.46. The number of fused-ring (bicyclic) bond motifs is 2. The van der Waals surface area contributed by atoms with Crippen LogP contribution in [0.2, 0.25) is 0 Å². The van der Waals surface area contributed by atoms with Crippen molar-refractivity contribution < 1.29 is 9.59 Å². The molecule has 6 heteroatoms. The van der Waals surface area contributed by atoms with E-state index in [1.165, 1.54) is 0 Å². The van der Waals surface area contributed by atoms with Crippen molar-refractivity contribution in [3.63, 3.8) is 0 Å². The Morgan fingerprint density at radius 3 is 2.53 bits per heavy atom. The summed E-state index contributed by atoms with van der Waals surface area (Å²) in [6.45, 7) is 3.92. The van der Waals surface area contributed by atoms with Crippen molar-refractivity contribution >= 4 is 17.5 Å². The van der Waals surface area contributed by atoms with E-state index in [1.54, 1.807) is 4.90 Å². The number of nitrogens with zero attached hydrogens (tertiary/aromatic N) is 2. The Hall–Kier alpha value is -3.17. The number of nitriles is 1. The summed E-state index contributed by atoms with van der Waals surface area (Å²) < 4.78 is 0. The van der Waals surface area contributed by atoms with Crippen LogP contribution in [0.3, 0.4) is 0 Å². The number of carbonyl (C=O) groups excluding carboxylic acids is 2. The average molecular weight is 429 g/mol. The van der Waals surface area contributed by atoms with Gasteiger partial charge < -0.3 is 15.5 Å². The van der Waals surface area contributed by atoms with Crippen molar-refractivity contribution in [2.75, 3.05) is 11.9 Å². The standard InChI is InChI=1S/C26H28N4O2/c1-26(2)20-10-8-17(13-22(20)30(3)25(26)32)16-6-4-15(5-7-16)12-18(14-27)28-24(31)23-19-9-11-21(19)29-23/h4-8,10,13,18-19,21,23,29H,9,11-12H2,1-3H3,(H,28,31)/t18-,19-,21?,23-/m0/s1. The van der Waals surface area contributed by atoms with Gasteiger partial charge in [0, 0.05) is 25.2 Å². The van der Waals surface area contributed by atoms with E-state index >= 15 is 0 Å². The molecule has 1 saturated carbocycles. The Morgan fingerprint density at radius 2 is 1.94 bits per heavy atom. The fourth-order valence-corrected chi connectivity index (χ4v) is 5.26. The van der Waals surface area contributed by atoms with Gasteiger partial charge >= 0.3 is 0 Å². The van der Waals surface area contributed by atoms with E-state index in [-0.39, 0.29) is 17.9 Å². The van der Waals surface area contributed by atoms with Crippen LogP contribution in [0.25, 0.3) is 11.1 Å².